The molecular formula is C24H34N4O2. The quantitative estimate of drug-likeness (QED) is 0.434. The predicted octanol–water partition coefficient (Wildman–Crippen LogP) is 3.77. The molecule has 30 heavy (non-hydrogen) atoms. The molecule has 0 saturated heterocycles. The molecule has 0 saturated carbocycles. The van der Waals surface area contributed by atoms with Crippen molar-refractivity contribution < 1.29 is 9.53 Å². The lowest BCUT2D eigenvalue weighted by atomic mass is 10.1. The third kappa shape index (κ3) is 7.43. The summed E-state index contributed by atoms with van der Waals surface area (Å²) >= 11 is 0. The Balaban J connectivity index is 1.96. The number of guanidine groups is 1. The maximum absolute atomic E-state index is 11.2. The predicted molar refractivity (Wildman–Crippen MR) is 123 cm³/mol. The molecule has 0 spiro atoms. The van der Waals surface area contributed by atoms with Gasteiger partial charge in [-0.2, -0.15) is 0 Å². The first kappa shape index (κ1) is 23.3. The molecule has 0 heterocycles. The van der Waals surface area contributed by atoms with Gasteiger partial charge in [-0.15, -0.1) is 0 Å². The molecule has 0 bridgehead atoms. The summed E-state index contributed by atoms with van der Waals surface area (Å²) in [5.74, 6) is 1.76. The largest absolute Gasteiger partial charge is 0.490 e. The van der Waals surface area contributed by atoms with E-state index in [0.717, 1.165) is 23.3 Å². The van der Waals surface area contributed by atoms with Gasteiger partial charge in [-0.25, -0.2) is 0 Å². The summed E-state index contributed by atoms with van der Waals surface area (Å²) in [6.45, 7) is 9.78. The van der Waals surface area contributed by atoms with E-state index in [2.05, 4.69) is 61.5 Å². The Morgan fingerprint density at radius 3 is 2.33 bits per heavy atom. The van der Waals surface area contributed by atoms with E-state index in [1.54, 1.807) is 19.2 Å². The molecule has 1 amide bonds. The van der Waals surface area contributed by atoms with Gasteiger partial charge in [-0.3, -0.25) is 9.79 Å². The van der Waals surface area contributed by atoms with E-state index in [4.69, 9.17) is 10.5 Å². The van der Waals surface area contributed by atoms with E-state index >= 15 is 0 Å². The number of primary amides is 1. The highest BCUT2D eigenvalue weighted by Crippen LogP contribution is 2.23. The second-order valence-electron chi connectivity index (χ2n) is 8.01. The van der Waals surface area contributed by atoms with Crippen molar-refractivity contribution in [1.29, 1.82) is 0 Å². The second kappa shape index (κ2) is 11.2. The maximum atomic E-state index is 11.2. The van der Waals surface area contributed by atoms with E-state index in [9.17, 15) is 4.79 Å². The van der Waals surface area contributed by atoms with Crippen LogP contribution in [0, 0.1) is 12.8 Å². The number of rotatable bonds is 9. The summed E-state index contributed by atoms with van der Waals surface area (Å²) in [5.41, 5.74) is 9.08. The Morgan fingerprint density at radius 1 is 1.07 bits per heavy atom. The normalized spacial score (nSPS) is 12.5. The number of nitrogens with two attached hydrogens (primary N) is 1. The van der Waals surface area contributed by atoms with E-state index in [0.29, 0.717) is 30.5 Å². The van der Waals surface area contributed by atoms with Crippen LogP contribution in [0.5, 0.6) is 5.75 Å². The third-order valence-corrected chi connectivity index (χ3v) is 4.72. The first-order chi connectivity index (χ1) is 14.3. The van der Waals surface area contributed by atoms with Crippen LogP contribution in [0.15, 0.2) is 47.5 Å². The van der Waals surface area contributed by atoms with E-state index in [1.165, 1.54) is 5.56 Å². The Bertz CT molecular complexity index is 860. The lowest BCUT2D eigenvalue weighted by Gasteiger charge is -2.20. The number of hydrogen-bond acceptors (Lipinski definition) is 3. The average Bonchev–Trinajstić information content (AvgIpc) is 2.69. The molecule has 4 N–H and O–H groups in total. The van der Waals surface area contributed by atoms with Crippen molar-refractivity contribution in [1.82, 2.24) is 10.6 Å². The number of ether oxygens (including phenoxy) is 1. The van der Waals surface area contributed by atoms with Crippen LogP contribution in [0.2, 0.25) is 0 Å². The number of nitrogens with one attached hydrogen (secondary N) is 2. The highest BCUT2D eigenvalue weighted by atomic mass is 16.5. The minimum atomic E-state index is -0.425. The molecular weight excluding hydrogens is 376 g/mol. The lowest BCUT2D eigenvalue weighted by Crippen LogP contribution is -2.36. The molecule has 1 atom stereocenters. The lowest BCUT2D eigenvalue weighted by molar-refractivity contribution is 0.1000. The monoisotopic (exact) mass is 410 g/mol. The van der Waals surface area contributed by atoms with Gasteiger partial charge in [-0.1, -0.05) is 38.1 Å². The molecule has 2 aromatic rings. The molecule has 0 aliphatic heterocycles. The van der Waals surface area contributed by atoms with Crippen LogP contribution in [-0.2, 0) is 13.1 Å². The Kier molecular flexibility index (Phi) is 8.71. The van der Waals surface area contributed by atoms with Crippen molar-refractivity contribution in [3.8, 4) is 5.75 Å². The fourth-order valence-corrected chi connectivity index (χ4v) is 3.22. The van der Waals surface area contributed by atoms with Gasteiger partial charge in [0.25, 0.3) is 0 Å². The molecule has 1 unspecified atom stereocenters. The minimum Gasteiger partial charge on any atom is -0.490 e. The van der Waals surface area contributed by atoms with E-state index < -0.39 is 5.91 Å². The standard InChI is InChI=1S/C24H34N4O2/c1-16(2)12-18(4)30-22-13-17(3)6-9-21(22)15-28-24(26-5)27-14-19-7-10-20(11-8-19)23(25)29/h6-11,13,16,18H,12,14-15H2,1-5H3,(H2,25,29)(H2,26,27,28). The molecule has 162 valence electrons. The molecule has 6 nitrogen and oxygen atoms in total. The van der Waals surface area contributed by atoms with Crippen molar-refractivity contribution in [2.45, 2.75) is 53.3 Å². The van der Waals surface area contributed by atoms with Gasteiger partial charge in [0.05, 0.1) is 6.10 Å². The van der Waals surface area contributed by atoms with Crippen LogP contribution in [0.25, 0.3) is 0 Å². The topological polar surface area (TPSA) is 88.7 Å². The van der Waals surface area contributed by atoms with Gasteiger partial charge in [0.2, 0.25) is 5.91 Å². The second-order valence-corrected chi connectivity index (χ2v) is 8.01. The molecule has 0 radical (unpaired) electrons. The fraction of sp³-hybridized carbons (Fsp3) is 0.417. The van der Waals surface area contributed by atoms with Crippen LogP contribution in [-0.4, -0.2) is 25.0 Å². The molecule has 2 aromatic carbocycles. The molecule has 0 fully saturated rings. The van der Waals surface area contributed by atoms with Crippen molar-refractivity contribution in [2.75, 3.05) is 7.05 Å². The number of aliphatic imine (C=N–C) groups is 1. The smallest absolute Gasteiger partial charge is 0.248 e. The van der Waals surface area contributed by atoms with Crippen molar-refractivity contribution >= 4 is 11.9 Å². The number of aryl methyl sites for hydroxylation is 1. The zero-order valence-corrected chi connectivity index (χ0v) is 18.7. The molecule has 6 heteroatoms. The molecule has 0 aliphatic carbocycles. The first-order valence-electron chi connectivity index (χ1n) is 10.4. The van der Waals surface area contributed by atoms with Crippen LogP contribution in [0.4, 0.5) is 0 Å². The minimum absolute atomic E-state index is 0.159. The van der Waals surface area contributed by atoms with E-state index in [1.807, 2.05) is 12.1 Å². The van der Waals surface area contributed by atoms with Gasteiger partial charge in [-0.05, 0) is 55.5 Å². The van der Waals surface area contributed by atoms with E-state index in [-0.39, 0.29) is 6.10 Å². The summed E-state index contributed by atoms with van der Waals surface area (Å²) in [7, 11) is 1.74. The Morgan fingerprint density at radius 2 is 1.73 bits per heavy atom. The molecule has 0 aliphatic rings. The third-order valence-electron chi connectivity index (χ3n) is 4.72. The van der Waals surface area contributed by atoms with Gasteiger partial charge in [0.1, 0.15) is 5.75 Å². The summed E-state index contributed by atoms with van der Waals surface area (Å²) in [6, 6.07) is 13.5. The van der Waals surface area contributed by atoms with Crippen LogP contribution >= 0.6 is 0 Å². The van der Waals surface area contributed by atoms with Crippen molar-refractivity contribution in [2.24, 2.45) is 16.6 Å². The zero-order chi connectivity index (χ0) is 22.1. The van der Waals surface area contributed by atoms with Gasteiger partial charge >= 0.3 is 0 Å². The highest BCUT2D eigenvalue weighted by molar-refractivity contribution is 5.92. The average molecular weight is 411 g/mol. The number of nitrogens with zero attached hydrogens (tertiary/aromatic N) is 1. The molecule has 0 aromatic heterocycles. The summed E-state index contributed by atoms with van der Waals surface area (Å²) in [6.07, 6.45) is 1.17. The molecule has 2 rings (SSSR count). The first-order valence-corrected chi connectivity index (χ1v) is 10.4. The van der Waals surface area contributed by atoms with Crippen molar-refractivity contribution in [3.05, 3.63) is 64.7 Å². The summed E-state index contributed by atoms with van der Waals surface area (Å²) < 4.78 is 6.22. The summed E-state index contributed by atoms with van der Waals surface area (Å²) in [5, 5.41) is 6.63. The van der Waals surface area contributed by atoms with Crippen LogP contribution in [0.1, 0.15) is 54.2 Å². The van der Waals surface area contributed by atoms with Crippen LogP contribution < -0.4 is 21.1 Å². The number of benzene rings is 2. The Hall–Kier alpha value is -3.02. The zero-order valence-electron chi connectivity index (χ0n) is 18.7. The SMILES string of the molecule is CN=C(NCc1ccc(C(N)=O)cc1)NCc1ccc(C)cc1OC(C)CC(C)C. The number of carbonyl (C=O) groups excluding carboxylic acids is 1. The summed E-state index contributed by atoms with van der Waals surface area (Å²) in [4.78, 5) is 15.5. The number of hydrogen-bond donors (Lipinski definition) is 3. The van der Waals surface area contributed by atoms with Gasteiger partial charge < -0.3 is 21.1 Å². The number of amides is 1. The van der Waals surface area contributed by atoms with Crippen LogP contribution in [0.3, 0.4) is 0 Å². The highest BCUT2D eigenvalue weighted by Gasteiger charge is 2.11. The number of carbonyl (C=O) groups is 1. The van der Waals surface area contributed by atoms with Gasteiger partial charge in [0.15, 0.2) is 5.96 Å². The maximum Gasteiger partial charge on any atom is 0.248 e. The fourth-order valence-electron chi connectivity index (χ4n) is 3.22. The van der Waals surface area contributed by atoms with Gasteiger partial charge in [0, 0.05) is 31.3 Å². The Labute approximate surface area is 179 Å². The van der Waals surface area contributed by atoms with Crippen molar-refractivity contribution in [3.63, 3.8) is 0 Å².